The van der Waals surface area contributed by atoms with Gasteiger partial charge in [0.05, 0.1) is 11.4 Å². The lowest BCUT2D eigenvalue weighted by molar-refractivity contribution is 0.537. The molecule has 8 bridgehead atoms. The first-order valence-electron chi connectivity index (χ1n) is 13.5. The summed E-state index contributed by atoms with van der Waals surface area (Å²) in [5.41, 5.74) is 21.9. The van der Waals surface area contributed by atoms with E-state index in [1.165, 1.54) is 22.3 Å². The average molecular weight is 494 g/mol. The lowest BCUT2D eigenvalue weighted by Gasteiger charge is -2.16. The molecule has 3 aromatic heterocycles. The van der Waals surface area contributed by atoms with E-state index >= 15 is 0 Å². The minimum atomic E-state index is 0.302. The Kier molecular flexibility index (Phi) is 6.67. The third-order valence-electron chi connectivity index (χ3n) is 8.39. The summed E-state index contributed by atoms with van der Waals surface area (Å²) in [5, 5.41) is 0. The standard InChI is InChI=1S/C32H39N5/c1-8-22-19(5)28-16-31-23(9-2)18(4)27(35-31)15-29-20(6)24(11-10-12-33)32(37-29)21(7)26-13-17(3)25(34-26)14-30(22)36-28/h9,13-16,20,24,35-36H,2,8,10-12,33H2,1,3-7H3/t20-,24-/m0/s1. The quantitative estimate of drug-likeness (QED) is 0.342. The fourth-order valence-corrected chi connectivity index (χ4v) is 6.02. The van der Waals surface area contributed by atoms with Crippen LogP contribution >= 0.6 is 0 Å². The van der Waals surface area contributed by atoms with Gasteiger partial charge in [0.1, 0.15) is 0 Å². The van der Waals surface area contributed by atoms with Crippen molar-refractivity contribution in [1.29, 1.82) is 0 Å². The van der Waals surface area contributed by atoms with Gasteiger partial charge in [-0.1, -0.05) is 26.5 Å². The number of aromatic amines is 2. The van der Waals surface area contributed by atoms with Gasteiger partial charge in [-0.25, -0.2) is 4.98 Å². The molecular weight excluding hydrogens is 454 g/mol. The van der Waals surface area contributed by atoms with Crippen LogP contribution < -0.4 is 5.73 Å². The van der Waals surface area contributed by atoms with Crippen molar-refractivity contribution in [3.05, 3.63) is 75.4 Å². The van der Waals surface area contributed by atoms with Crippen LogP contribution in [0.2, 0.25) is 0 Å². The predicted molar refractivity (Wildman–Crippen MR) is 158 cm³/mol. The summed E-state index contributed by atoms with van der Waals surface area (Å²) in [4.78, 5) is 17.7. The molecule has 2 aliphatic heterocycles. The van der Waals surface area contributed by atoms with Crippen molar-refractivity contribution in [2.24, 2.45) is 5.73 Å². The maximum atomic E-state index is 5.93. The van der Waals surface area contributed by atoms with Gasteiger partial charge in [-0.05, 0) is 106 Å². The molecule has 5 heteroatoms. The number of nitrogens with one attached hydrogen (secondary N) is 2. The second-order valence-corrected chi connectivity index (χ2v) is 10.6. The molecule has 0 unspecified atom stereocenters. The summed E-state index contributed by atoms with van der Waals surface area (Å²) in [6.07, 6.45) is 7.12. The van der Waals surface area contributed by atoms with Gasteiger partial charge in [0, 0.05) is 50.9 Å². The van der Waals surface area contributed by atoms with Gasteiger partial charge in [-0.3, -0.25) is 4.98 Å². The topological polar surface area (TPSA) is 83.4 Å². The Labute approximate surface area is 220 Å². The third-order valence-corrected chi connectivity index (χ3v) is 8.39. The van der Waals surface area contributed by atoms with Crippen molar-refractivity contribution >= 4 is 39.8 Å². The number of nitrogens with zero attached hydrogens (tertiary/aromatic N) is 2. The van der Waals surface area contributed by atoms with Crippen molar-refractivity contribution in [2.75, 3.05) is 6.54 Å². The molecular formula is C32H39N5. The van der Waals surface area contributed by atoms with E-state index in [0.717, 1.165) is 75.2 Å². The number of rotatable bonds is 5. The van der Waals surface area contributed by atoms with E-state index in [1.54, 1.807) is 0 Å². The third kappa shape index (κ3) is 4.25. The summed E-state index contributed by atoms with van der Waals surface area (Å²) in [7, 11) is 0. The lowest BCUT2D eigenvalue weighted by atomic mass is 9.86. The van der Waals surface area contributed by atoms with E-state index in [2.05, 4.69) is 82.4 Å². The Balaban J connectivity index is 1.94. The second kappa shape index (κ2) is 9.79. The number of nitrogens with two attached hydrogens (primary N) is 1. The predicted octanol–water partition coefficient (Wildman–Crippen LogP) is 7.63. The van der Waals surface area contributed by atoms with Crippen LogP contribution in [0.1, 0.15) is 96.0 Å². The highest BCUT2D eigenvalue weighted by Crippen LogP contribution is 2.41. The van der Waals surface area contributed by atoms with E-state index in [-0.39, 0.29) is 0 Å². The van der Waals surface area contributed by atoms with Crippen LogP contribution in [0.3, 0.4) is 0 Å². The Hall–Kier alpha value is -3.44. The van der Waals surface area contributed by atoms with Gasteiger partial charge < -0.3 is 15.7 Å². The van der Waals surface area contributed by atoms with Crippen LogP contribution in [0, 0.1) is 20.8 Å². The molecule has 0 aliphatic carbocycles. The van der Waals surface area contributed by atoms with E-state index in [0.29, 0.717) is 18.4 Å². The fraction of sp³-hybridized carbons (Fsp3) is 0.375. The van der Waals surface area contributed by atoms with Crippen molar-refractivity contribution in [1.82, 2.24) is 19.9 Å². The molecule has 192 valence electrons. The highest BCUT2D eigenvalue weighted by atomic mass is 14.8. The number of fused-ring (bicyclic) bond motifs is 8. The van der Waals surface area contributed by atoms with Crippen molar-refractivity contribution in [2.45, 2.75) is 72.6 Å². The number of hydrogen-bond donors (Lipinski definition) is 3. The van der Waals surface area contributed by atoms with Crippen LogP contribution in [0.25, 0.3) is 39.8 Å². The zero-order valence-electron chi connectivity index (χ0n) is 23.0. The van der Waals surface area contributed by atoms with E-state index in [4.69, 9.17) is 15.7 Å². The number of aromatic nitrogens is 4. The molecule has 2 aliphatic rings. The fourth-order valence-electron chi connectivity index (χ4n) is 6.02. The first kappa shape index (κ1) is 25.2. The van der Waals surface area contributed by atoms with Crippen molar-refractivity contribution in [3.63, 3.8) is 0 Å². The number of aryl methyl sites for hydroxylation is 3. The van der Waals surface area contributed by atoms with E-state index in [1.807, 2.05) is 6.08 Å². The Morgan fingerprint density at radius 3 is 2.38 bits per heavy atom. The Morgan fingerprint density at radius 1 is 0.946 bits per heavy atom. The average Bonchev–Trinajstić information content (AvgIpc) is 3.57. The molecule has 4 N–H and O–H groups in total. The monoisotopic (exact) mass is 493 g/mol. The highest BCUT2D eigenvalue weighted by molar-refractivity contribution is 5.86. The van der Waals surface area contributed by atoms with Crippen LogP contribution in [-0.4, -0.2) is 26.5 Å². The SMILES string of the molecule is C=Cc1c(C)c2cc3nc(c(C)c4nc(cc5[nH]c(cc1[nH]2)c(C)c5CC)C(C)=C4)[C@@H](CCCN)[C@@H]3C. The van der Waals surface area contributed by atoms with Crippen LogP contribution in [-0.2, 0) is 6.42 Å². The molecule has 0 saturated carbocycles. The largest absolute Gasteiger partial charge is 0.355 e. The summed E-state index contributed by atoms with van der Waals surface area (Å²) >= 11 is 0. The van der Waals surface area contributed by atoms with Gasteiger partial charge in [0.25, 0.3) is 0 Å². The van der Waals surface area contributed by atoms with Gasteiger partial charge in [0.2, 0.25) is 0 Å². The first-order valence-corrected chi connectivity index (χ1v) is 13.5. The number of allylic oxidation sites excluding steroid dienone is 1. The molecule has 5 rings (SSSR count). The van der Waals surface area contributed by atoms with Gasteiger partial charge in [-0.2, -0.15) is 0 Å². The summed E-state index contributed by atoms with van der Waals surface area (Å²) in [5.74, 6) is 0.631. The normalized spacial score (nSPS) is 17.2. The van der Waals surface area contributed by atoms with Crippen LogP contribution in [0.5, 0.6) is 0 Å². The minimum Gasteiger partial charge on any atom is -0.355 e. The molecule has 0 amide bonds. The molecule has 0 radical (unpaired) electrons. The summed E-state index contributed by atoms with van der Waals surface area (Å²) < 4.78 is 0. The molecule has 0 spiro atoms. The van der Waals surface area contributed by atoms with Crippen LogP contribution in [0.4, 0.5) is 0 Å². The molecule has 37 heavy (non-hydrogen) atoms. The van der Waals surface area contributed by atoms with E-state index in [9.17, 15) is 0 Å². The van der Waals surface area contributed by atoms with Gasteiger partial charge in [-0.15, -0.1) is 0 Å². The molecule has 0 fully saturated rings. The molecule has 0 saturated heterocycles. The lowest BCUT2D eigenvalue weighted by Crippen LogP contribution is -2.07. The molecule has 5 heterocycles. The first-order chi connectivity index (χ1) is 17.8. The van der Waals surface area contributed by atoms with E-state index < -0.39 is 0 Å². The zero-order chi connectivity index (χ0) is 26.4. The van der Waals surface area contributed by atoms with Crippen molar-refractivity contribution in [3.8, 4) is 0 Å². The number of H-pyrrole nitrogens is 2. The van der Waals surface area contributed by atoms with Gasteiger partial charge >= 0.3 is 0 Å². The summed E-state index contributed by atoms with van der Waals surface area (Å²) in [6.45, 7) is 18.0. The minimum absolute atomic E-state index is 0.302. The summed E-state index contributed by atoms with van der Waals surface area (Å²) in [6, 6.07) is 6.66. The number of hydrogen-bond acceptors (Lipinski definition) is 3. The maximum Gasteiger partial charge on any atom is 0.0687 e. The highest BCUT2D eigenvalue weighted by Gasteiger charge is 2.30. The molecule has 0 aromatic carbocycles. The molecule has 5 nitrogen and oxygen atoms in total. The zero-order valence-corrected chi connectivity index (χ0v) is 23.0. The van der Waals surface area contributed by atoms with Gasteiger partial charge in [0.15, 0.2) is 0 Å². The maximum absolute atomic E-state index is 5.93. The van der Waals surface area contributed by atoms with Crippen LogP contribution in [0.15, 0.2) is 24.8 Å². The Bertz CT molecular complexity index is 1580. The molecule has 2 atom stereocenters. The Morgan fingerprint density at radius 2 is 1.68 bits per heavy atom. The second-order valence-electron chi connectivity index (χ2n) is 10.6. The molecule has 3 aromatic rings. The smallest absolute Gasteiger partial charge is 0.0687 e. The van der Waals surface area contributed by atoms with Crippen molar-refractivity contribution < 1.29 is 0 Å².